The number of fused-ring (bicyclic) bond motifs is 3. The lowest BCUT2D eigenvalue weighted by molar-refractivity contribution is -0.132. The van der Waals surface area contributed by atoms with Crippen molar-refractivity contribution in [3.8, 4) is 0 Å². The van der Waals surface area contributed by atoms with Crippen LogP contribution in [0.25, 0.3) is 10.9 Å². The highest BCUT2D eigenvalue weighted by molar-refractivity contribution is 5.85. The number of aromatic nitrogens is 2. The first-order chi connectivity index (χ1) is 11.6. The molecule has 3 heterocycles. The van der Waals surface area contributed by atoms with Crippen LogP contribution in [0.3, 0.4) is 0 Å². The number of amides is 1. The average Bonchev–Trinajstić information content (AvgIpc) is 2.90. The third-order valence-corrected chi connectivity index (χ3v) is 5.06. The summed E-state index contributed by atoms with van der Waals surface area (Å²) in [7, 11) is 0. The summed E-state index contributed by atoms with van der Waals surface area (Å²) >= 11 is 0. The van der Waals surface area contributed by atoms with Crippen molar-refractivity contribution in [3.05, 3.63) is 45.1 Å². The number of rotatable bonds is 2. The monoisotopic (exact) mass is 364 g/mol. The van der Waals surface area contributed by atoms with Gasteiger partial charge in [0, 0.05) is 25.2 Å². The SMILES string of the molecule is Cl.O=C(Cn1c(=O)[nH]c2ccccc2c1=O)N1CCC2CCC(C1)N2. The molecule has 2 atom stereocenters. The van der Waals surface area contributed by atoms with Crippen LogP contribution < -0.4 is 16.6 Å². The first kappa shape index (κ1) is 17.7. The summed E-state index contributed by atoms with van der Waals surface area (Å²) in [6, 6.07) is 7.65. The van der Waals surface area contributed by atoms with Gasteiger partial charge in [0.15, 0.2) is 0 Å². The van der Waals surface area contributed by atoms with Gasteiger partial charge >= 0.3 is 5.69 Å². The number of H-pyrrole nitrogens is 1. The second-order valence-corrected chi connectivity index (χ2v) is 6.63. The van der Waals surface area contributed by atoms with E-state index in [0.717, 1.165) is 23.8 Å². The molecule has 2 fully saturated rings. The van der Waals surface area contributed by atoms with E-state index in [1.165, 1.54) is 0 Å². The average molecular weight is 365 g/mol. The van der Waals surface area contributed by atoms with Crippen LogP contribution in [0.4, 0.5) is 0 Å². The Morgan fingerprint density at radius 3 is 2.72 bits per heavy atom. The number of halogens is 1. The molecule has 2 saturated heterocycles. The topological polar surface area (TPSA) is 87.2 Å². The van der Waals surface area contributed by atoms with Crippen molar-refractivity contribution >= 4 is 29.2 Å². The second kappa shape index (κ2) is 7.01. The molecule has 0 spiro atoms. The minimum Gasteiger partial charge on any atom is -0.340 e. The molecule has 0 saturated carbocycles. The van der Waals surface area contributed by atoms with Crippen molar-refractivity contribution < 1.29 is 4.79 Å². The van der Waals surface area contributed by atoms with E-state index in [1.807, 2.05) is 0 Å². The maximum atomic E-state index is 12.6. The maximum Gasteiger partial charge on any atom is 0.329 e. The minimum atomic E-state index is -0.540. The van der Waals surface area contributed by atoms with E-state index in [4.69, 9.17) is 0 Å². The molecular weight excluding hydrogens is 344 g/mol. The molecule has 7 nitrogen and oxygen atoms in total. The molecule has 2 N–H and O–H groups in total. The molecule has 2 bridgehead atoms. The highest BCUT2D eigenvalue weighted by Crippen LogP contribution is 2.20. The molecule has 2 aliphatic heterocycles. The van der Waals surface area contributed by atoms with Gasteiger partial charge in [-0.3, -0.25) is 14.2 Å². The Morgan fingerprint density at radius 2 is 1.88 bits per heavy atom. The van der Waals surface area contributed by atoms with E-state index in [2.05, 4.69) is 10.3 Å². The molecule has 2 unspecified atom stereocenters. The van der Waals surface area contributed by atoms with E-state index in [1.54, 1.807) is 29.2 Å². The number of likely N-dealkylation sites (tertiary alicyclic amines) is 1. The third-order valence-electron chi connectivity index (χ3n) is 5.06. The van der Waals surface area contributed by atoms with Gasteiger partial charge in [-0.05, 0) is 31.4 Å². The Labute approximate surface area is 150 Å². The zero-order chi connectivity index (χ0) is 16.7. The molecule has 1 amide bonds. The van der Waals surface area contributed by atoms with Crippen LogP contribution in [0.1, 0.15) is 19.3 Å². The number of aromatic amines is 1. The number of benzene rings is 1. The van der Waals surface area contributed by atoms with Crippen LogP contribution in [0.5, 0.6) is 0 Å². The minimum absolute atomic E-state index is 0. The lowest BCUT2D eigenvalue weighted by Crippen LogP contribution is -2.45. The van der Waals surface area contributed by atoms with E-state index in [-0.39, 0.29) is 24.9 Å². The van der Waals surface area contributed by atoms with Crippen molar-refractivity contribution in [1.82, 2.24) is 19.8 Å². The van der Waals surface area contributed by atoms with Crippen molar-refractivity contribution in [2.75, 3.05) is 13.1 Å². The molecule has 2 aromatic rings. The van der Waals surface area contributed by atoms with E-state index >= 15 is 0 Å². The fraction of sp³-hybridized carbons (Fsp3) is 0.471. The van der Waals surface area contributed by atoms with Gasteiger partial charge in [0.1, 0.15) is 6.54 Å². The molecular formula is C17H21ClN4O3. The predicted octanol–water partition coefficient (Wildman–Crippen LogP) is 0.464. The van der Waals surface area contributed by atoms with Crippen LogP contribution in [0.15, 0.2) is 33.9 Å². The Hall–Kier alpha value is -2.12. The highest BCUT2D eigenvalue weighted by Gasteiger charge is 2.31. The van der Waals surface area contributed by atoms with Crippen LogP contribution in [0, 0.1) is 0 Å². The van der Waals surface area contributed by atoms with Gasteiger partial charge in [0.25, 0.3) is 5.56 Å². The summed E-state index contributed by atoms with van der Waals surface area (Å²) in [6.07, 6.45) is 3.16. The van der Waals surface area contributed by atoms with Crippen LogP contribution in [0.2, 0.25) is 0 Å². The maximum absolute atomic E-state index is 12.6. The standard InChI is InChI=1S/C17H20N4O3.ClH/c22-15(20-8-7-11-5-6-12(9-20)18-11)10-21-16(23)13-3-1-2-4-14(13)19-17(21)24;/h1-4,11-12,18H,5-10H2,(H,19,24);1H. The number of nitrogens with zero attached hydrogens (tertiary/aromatic N) is 2. The van der Waals surface area contributed by atoms with Crippen molar-refractivity contribution in [1.29, 1.82) is 0 Å². The molecule has 25 heavy (non-hydrogen) atoms. The Balaban J connectivity index is 0.00000182. The lowest BCUT2D eigenvalue weighted by atomic mass is 10.1. The van der Waals surface area contributed by atoms with E-state index in [9.17, 15) is 14.4 Å². The van der Waals surface area contributed by atoms with Gasteiger partial charge in [-0.1, -0.05) is 12.1 Å². The summed E-state index contributed by atoms with van der Waals surface area (Å²) in [5, 5.41) is 3.94. The summed E-state index contributed by atoms with van der Waals surface area (Å²) < 4.78 is 1.00. The van der Waals surface area contributed by atoms with Gasteiger partial charge in [-0.25, -0.2) is 4.79 Å². The van der Waals surface area contributed by atoms with Crippen molar-refractivity contribution in [2.24, 2.45) is 0 Å². The summed E-state index contributed by atoms with van der Waals surface area (Å²) in [6.45, 7) is 1.11. The van der Waals surface area contributed by atoms with Crippen LogP contribution >= 0.6 is 12.4 Å². The Kier molecular flexibility index (Phi) is 4.96. The third kappa shape index (κ3) is 3.34. The van der Waals surface area contributed by atoms with E-state index in [0.29, 0.717) is 36.1 Å². The number of carbonyl (C=O) groups excluding carboxylic acids is 1. The largest absolute Gasteiger partial charge is 0.340 e. The predicted molar refractivity (Wildman–Crippen MR) is 97.2 cm³/mol. The fourth-order valence-corrected chi connectivity index (χ4v) is 3.75. The normalized spacial score (nSPS) is 22.5. The first-order valence-corrected chi connectivity index (χ1v) is 8.37. The highest BCUT2D eigenvalue weighted by atomic mass is 35.5. The van der Waals surface area contributed by atoms with E-state index < -0.39 is 11.2 Å². The van der Waals surface area contributed by atoms with Gasteiger partial charge in [0.05, 0.1) is 10.9 Å². The molecule has 134 valence electrons. The molecule has 8 heteroatoms. The number of para-hydroxylation sites is 1. The smallest absolute Gasteiger partial charge is 0.329 e. The zero-order valence-electron chi connectivity index (χ0n) is 13.7. The fourth-order valence-electron chi connectivity index (χ4n) is 3.75. The molecule has 0 radical (unpaired) electrons. The van der Waals surface area contributed by atoms with Gasteiger partial charge < -0.3 is 15.2 Å². The molecule has 2 aliphatic rings. The van der Waals surface area contributed by atoms with Gasteiger partial charge in [-0.15, -0.1) is 12.4 Å². The van der Waals surface area contributed by atoms with Crippen molar-refractivity contribution in [2.45, 2.75) is 37.9 Å². The Bertz CT molecular complexity index is 907. The summed E-state index contributed by atoms with van der Waals surface area (Å²) in [4.78, 5) is 41.8. The molecule has 4 rings (SSSR count). The molecule has 1 aromatic heterocycles. The number of hydrogen-bond acceptors (Lipinski definition) is 4. The van der Waals surface area contributed by atoms with Gasteiger partial charge in [0.2, 0.25) is 5.91 Å². The number of hydrogen-bond donors (Lipinski definition) is 2. The van der Waals surface area contributed by atoms with Crippen LogP contribution in [-0.2, 0) is 11.3 Å². The van der Waals surface area contributed by atoms with Crippen LogP contribution in [-0.4, -0.2) is 45.5 Å². The lowest BCUT2D eigenvalue weighted by Gasteiger charge is -2.24. The number of carbonyl (C=O) groups is 1. The summed E-state index contributed by atoms with van der Waals surface area (Å²) in [5.41, 5.74) is -0.467. The Morgan fingerprint density at radius 1 is 1.12 bits per heavy atom. The quantitative estimate of drug-likeness (QED) is 0.810. The first-order valence-electron chi connectivity index (χ1n) is 8.37. The van der Waals surface area contributed by atoms with Gasteiger partial charge in [-0.2, -0.15) is 0 Å². The molecule has 0 aliphatic carbocycles. The second-order valence-electron chi connectivity index (χ2n) is 6.63. The molecule has 1 aromatic carbocycles. The zero-order valence-corrected chi connectivity index (χ0v) is 14.6. The van der Waals surface area contributed by atoms with Crippen molar-refractivity contribution in [3.63, 3.8) is 0 Å². The summed E-state index contributed by atoms with van der Waals surface area (Å²) in [5.74, 6) is -0.174. The number of nitrogens with one attached hydrogen (secondary N) is 2.